The van der Waals surface area contributed by atoms with E-state index in [1.165, 1.54) is 6.20 Å². The summed E-state index contributed by atoms with van der Waals surface area (Å²) < 4.78 is 5.65. The van der Waals surface area contributed by atoms with Crippen LogP contribution in [0.3, 0.4) is 0 Å². The number of benzene rings is 1. The second-order valence-corrected chi connectivity index (χ2v) is 6.15. The van der Waals surface area contributed by atoms with Crippen LogP contribution in [0.1, 0.15) is 36.6 Å². The summed E-state index contributed by atoms with van der Waals surface area (Å²) in [4.78, 5) is 16.7. The van der Waals surface area contributed by atoms with Crippen LogP contribution >= 0.6 is 0 Å². The molecule has 1 atom stereocenters. The molecule has 6 heteroatoms. The fraction of sp³-hybridized carbons (Fsp3) is 0.286. The lowest BCUT2D eigenvalue weighted by atomic mass is 10.0. The number of hydrogen-bond donors (Lipinski definition) is 2. The van der Waals surface area contributed by atoms with Crippen LogP contribution in [0, 0.1) is 25.2 Å². The first kappa shape index (κ1) is 20.0. The molecule has 0 aliphatic heterocycles. The molecule has 1 aromatic heterocycles. The van der Waals surface area contributed by atoms with Gasteiger partial charge < -0.3 is 15.4 Å². The number of aryl methyl sites for hydroxylation is 2. The zero-order valence-corrected chi connectivity index (χ0v) is 16.0. The van der Waals surface area contributed by atoms with Gasteiger partial charge in [-0.1, -0.05) is 23.8 Å². The lowest BCUT2D eigenvalue weighted by molar-refractivity contribution is -0.117. The SMILES string of the molecule is CCOc1ccc(C)cc1C(C)NC(=O)/C(C#N)=C\Nc1ncccc1C. The molecule has 0 bridgehead atoms. The molecule has 0 aliphatic carbocycles. The van der Waals surface area contributed by atoms with Crippen LogP contribution in [0.5, 0.6) is 5.75 Å². The Bertz CT molecular complexity index is 884. The number of ether oxygens (including phenoxy) is 1. The fourth-order valence-corrected chi connectivity index (χ4v) is 2.57. The Hall–Kier alpha value is -3.33. The largest absolute Gasteiger partial charge is 0.494 e. The molecule has 6 nitrogen and oxygen atoms in total. The van der Waals surface area contributed by atoms with Crippen LogP contribution < -0.4 is 15.4 Å². The third kappa shape index (κ3) is 5.32. The molecule has 0 saturated heterocycles. The van der Waals surface area contributed by atoms with E-state index in [1.54, 1.807) is 6.20 Å². The first-order valence-electron chi connectivity index (χ1n) is 8.78. The van der Waals surface area contributed by atoms with Crippen molar-refractivity contribution in [2.75, 3.05) is 11.9 Å². The van der Waals surface area contributed by atoms with Gasteiger partial charge in [0.15, 0.2) is 0 Å². The lowest BCUT2D eigenvalue weighted by Gasteiger charge is -2.18. The molecule has 2 aromatic rings. The standard InChI is InChI=1S/C21H24N4O2/c1-5-27-19-9-8-14(2)11-18(19)16(4)25-21(26)17(12-22)13-24-20-15(3)7-6-10-23-20/h6-11,13,16H,5H2,1-4H3,(H,23,24)(H,25,26)/b17-13-. The molecular weight excluding hydrogens is 340 g/mol. The molecule has 0 spiro atoms. The normalized spacial score (nSPS) is 12.0. The summed E-state index contributed by atoms with van der Waals surface area (Å²) >= 11 is 0. The van der Waals surface area contributed by atoms with Gasteiger partial charge >= 0.3 is 0 Å². The van der Waals surface area contributed by atoms with Gasteiger partial charge in [0.25, 0.3) is 5.91 Å². The highest BCUT2D eigenvalue weighted by Crippen LogP contribution is 2.26. The van der Waals surface area contributed by atoms with Crippen LogP contribution in [-0.2, 0) is 4.79 Å². The van der Waals surface area contributed by atoms with Crippen molar-refractivity contribution >= 4 is 11.7 Å². The summed E-state index contributed by atoms with van der Waals surface area (Å²) in [5.41, 5.74) is 2.83. The highest BCUT2D eigenvalue weighted by molar-refractivity contribution is 5.97. The lowest BCUT2D eigenvalue weighted by Crippen LogP contribution is -2.28. The van der Waals surface area contributed by atoms with Crippen molar-refractivity contribution in [3.63, 3.8) is 0 Å². The quantitative estimate of drug-likeness (QED) is 0.576. The zero-order chi connectivity index (χ0) is 19.8. The van der Waals surface area contributed by atoms with Gasteiger partial charge in [-0.3, -0.25) is 4.79 Å². The summed E-state index contributed by atoms with van der Waals surface area (Å²) in [5, 5.41) is 15.1. The van der Waals surface area contributed by atoms with Crippen molar-refractivity contribution in [3.05, 3.63) is 65.0 Å². The minimum Gasteiger partial charge on any atom is -0.494 e. The number of nitrogens with zero attached hydrogens (tertiary/aromatic N) is 2. The number of anilines is 1. The molecule has 140 valence electrons. The maximum Gasteiger partial charge on any atom is 0.263 e. The van der Waals surface area contributed by atoms with Gasteiger partial charge in [0, 0.05) is 18.0 Å². The zero-order valence-electron chi connectivity index (χ0n) is 16.0. The van der Waals surface area contributed by atoms with E-state index >= 15 is 0 Å². The number of hydrogen-bond acceptors (Lipinski definition) is 5. The number of carbonyl (C=O) groups is 1. The molecule has 2 rings (SSSR count). The maximum absolute atomic E-state index is 12.5. The van der Waals surface area contributed by atoms with E-state index in [0.717, 1.165) is 22.4 Å². The Morgan fingerprint density at radius 2 is 2.15 bits per heavy atom. The van der Waals surface area contributed by atoms with E-state index in [4.69, 9.17) is 4.74 Å². The highest BCUT2D eigenvalue weighted by Gasteiger charge is 2.17. The number of rotatable bonds is 7. The van der Waals surface area contributed by atoms with E-state index in [0.29, 0.717) is 12.4 Å². The third-order valence-corrected chi connectivity index (χ3v) is 4.01. The Labute approximate surface area is 159 Å². The average molecular weight is 364 g/mol. The minimum absolute atomic E-state index is 0.0301. The number of pyridine rings is 1. The summed E-state index contributed by atoms with van der Waals surface area (Å²) in [6.07, 6.45) is 3.02. The van der Waals surface area contributed by atoms with Crippen LogP contribution in [0.15, 0.2) is 48.3 Å². The van der Waals surface area contributed by atoms with Gasteiger partial charge in [-0.2, -0.15) is 5.26 Å². The maximum atomic E-state index is 12.5. The molecule has 1 unspecified atom stereocenters. The van der Waals surface area contributed by atoms with Crippen LogP contribution in [0.2, 0.25) is 0 Å². The summed E-state index contributed by atoms with van der Waals surface area (Å²) in [6, 6.07) is 11.2. The van der Waals surface area contributed by atoms with Crippen molar-refractivity contribution in [1.29, 1.82) is 5.26 Å². The smallest absolute Gasteiger partial charge is 0.263 e. The van der Waals surface area contributed by atoms with Crippen molar-refractivity contribution in [2.24, 2.45) is 0 Å². The molecule has 1 heterocycles. The van der Waals surface area contributed by atoms with E-state index in [1.807, 2.05) is 64.1 Å². The second-order valence-electron chi connectivity index (χ2n) is 6.15. The Morgan fingerprint density at radius 3 is 2.81 bits per heavy atom. The van der Waals surface area contributed by atoms with Crippen molar-refractivity contribution in [2.45, 2.75) is 33.7 Å². The van der Waals surface area contributed by atoms with E-state index in [-0.39, 0.29) is 11.6 Å². The first-order chi connectivity index (χ1) is 13.0. The number of aromatic nitrogens is 1. The Kier molecular flexibility index (Phi) is 6.95. The van der Waals surface area contributed by atoms with Gasteiger partial charge in [0.2, 0.25) is 0 Å². The van der Waals surface area contributed by atoms with Gasteiger partial charge in [-0.05, 0) is 45.4 Å². The van der Waals surface area contributed by atoms with E-state index < -0.39 is 5.91 Å². The number of nitrogens with one attached hydrogen (secondary N) is 2. The number of amides is 1. The van der Waals surface area contributed by atoms with E-state index in [2.05, 4.69) is 15.6 Å². The van der Waals surface area contributed by atoms with Crippen LogP contribution in [0.4, 0.5) is 5.82 Å². The summed E-state index contributed by atoms with van der Waals surface area (Å²) in [5.74, 6) is 0.860. The van der Waals surface area contributed by atoms with Gasteiger partial charge in [-0.15, -0.1) is 0 Å². The second kappa shape index (κ2) is 9.39. The molecular formula is C21H24N4O2. The van der Waals surface area contributed by atoms with Crippen LogP contribution in [-0.4, -0.2) is 17.5 Å². The van der Waals surface area contributed by atoms with E-state index in [9.17, 15) is 10.1 Å². The summed E-state index contributed by atoms with van der Waals surface area (Å²) in [7, 11) is 0. The molecule has 2 N–H and O–H groups in total. The predicted molar refractivity (Wildman–Crippen MR) is 105 cm³/mol. The molecule has 1 amide bonds. The first-order valence-corrected chi connectivity index (χ1v) is 8.78. The van der Waals surface area contributed by atoms with Gasteiger partial charge in [0.05, 0.1) is 12.6 Å². The van der Waals surface area contributed by atoms with Crippen molar-refractivity contribution in [3.8, 4) is 11.8 Å². The Balaban J connectivity index is 2.15. The number of nitriles is 1. The van der Waals surface area contributed by atoms with Gasteiger partial charge in [-0.25, -0.2) is 4.98 Å². The molecule has 0 radical (unpaired) electrons. The monoisotopic (exact) mass is 364 g/mol. The third-order valence-electron chi connectivity index (χ3n) is 4.01. The van der Waals surface area contributed by atoms with Crippen molar-refractivity contribution < 1.29 is 9.53 Å². The van der Waals surface area contributed by atoms with Crippen LogP contribution in [0.25, 0.3) is 0 Å². The Morgan fingerprint density at radius 1 is 1.37 bits per heavy atom. The summed E-state index contributed by atoms with van der Waals surface area (Å²) in [6.45, 7) is 8.18. The minimum atomic E-state index is -0.463. The average Bonchev–Trinajstić information content (AvgIpc) is 2.65. The fourth-order valence-electron chi connectivity index (χ4n) is 2.57. The van der Waals surface area contributed by atoms with Gasteiger partial charge in [0.1, 0.15) is 23.2 Å². The molecule has 1 aromatic carbocycles. The molecule has 0 saturated carbocycles. The highest BCUT2D eigenvalue weighted by atomic mass is 16.5. The molecule has 27 heavy (non-hydrogen) atoms. The van der Waals surface area contributed by atoms with Crippen molar-refractivity contribution in [1.82, 2.24) is 10.3 Å². The molecule has 0 fully saturated rings. The predicted octanol–water partition coefficient (Wildman–Crippen LogP) is 3.79. The molecule has 0 aliphatic rings. The number of carbonyl (C=O) groups excluding carboxylic acids is 1. The topological polar surface area (TPSA) is 87.0 Å².